The fourth-order valence-electron chi connectivity index (χ4n) is 3.56. The number of rotatable bonds is 12. The van der Waals surface area contributed by atoms with E-state index in [1.165, 1.54) is 11.1 Å². The summed E-state index contributed by atoms with van der Waals surface area (Å²) in [6.07, 6.45) is 5.59. The van der Waals surface area contributed by atoms with Crippen molar-refractivity contribution in [3.8, 4) is 0 Å². The van der Waals surface area contributed by atoms with E-state index in [1.807, 2.05) is 0 Å². The van der Waals surface area contributed by atoms with E-state index in [2.05, 4.69) is 38.1 Å². The molecule has 0 spiro atoms. The van der Waals surface area contributed by atoms with Crippen LogP contribution in [0.25, 0.3) is 0 Å². The topological polar surface area (TPSA) is 51.2 Å². The first-order chi connectivity index (χ1) is 13.5. The summed E-state index contributed by atoms with van der Waals surface area (Å²) in [5.41, 5.74) is 2.71. The Hall–Kier alpha value is -1.94. The van der Waals surface area contributed by atoms with Crippen molar-refractivity contribution in [2.45, 2.75) is 69.6 Å². The molecule has 0 aliphatic heterocycles. The second-order valence-electron chi connectivity index (χ2n) is 7.40. The number of benzene rings is 2. The Morgan fingerprint density at radius 1 is 0.929 bits per heavy atom. The van der Waals surface area contributed by atoms with Gasteiger partial charge in [0.15, 0.2) is 9.84 Å². The first-order valence-electron chi connectivity index (χ1n) is 10.3. The molecule has 0 aromatic heterocycles. The Balaban J connectivity index is 1.84. The van der Waals surface area contributed by atoms with Gasteiger partial charge >= 0.3 is 0 Å². The van der Waals surface area contributed by atoms with Crippen molar-refractivity contribution in [1.82, 2.24) is 0 Å². The zero-order valence-corrected chi connectivity index (χ0v) is 17.9. The molecule has 2 aromatic rings. The molecular formula is C24H32O3S. The van der Waals surface area contributed by atoms with Crippen LogP contribution in [-0.2, 0) is 21.1 Å². The molecule has 0 saturated heterocycles. The predicted molar refractivity (Wildman–Crippen MR) is 115 cm³/mol. The summed E-state index contributed by atoms with van der Waals surface area (Å²) in [4.78, 5) is 12.5. The van der Waals surface area contributed by atoms with Gasteiger partial charge in [-0.2, -0.15) is 0 Å². The van der Waals surface area contributed by atoms with Crippen molar-refractivity contribution < 1.29 is 13.2 Å². The summed E-state index contributed by atoms with van der Waals surface area (Å²) in [5, 5.41) is 0. The predicted octanol–water partition coefficient (Wildman–Crippen LogP) is 5.74. The van der Waals surface area contributed by atoms with E-state index in [0.717, 1.165) is 32.1 Å². The molecule has 0 heterocycles. The summed E-state index contributed by atoms with van der Waals surface area (Å²) in [6, 6.07) is 17.1. The highest BCUT2D eigenvalue weighted by Gasteiger charge is 2.17. The molecule has 4 heteroatoms. The lowest BCUT2D eigenvalue weighted by atomic mass is 9.88. The van der Waals surface area contributed by atoms with Gasteiger partial charge < -0.3 is 0 Å². The fraction of sp³-hybridized carbons (Fsp3) is 0.458. The fourth-order valence-corrected chi connectivity index (χ4v) is 4.86. The monoisotopic (exact) mass is 400 g/mol. The Labute approximate surface area is 170 Å². The third-order valence-electron chi connectivity index (χ3n) is 5.23. The van der Waals surface area contributed by atoms with Crippen molar-refractivity contribution in [3.63, 3.8) is 0 Å². The summed E-state index contributed by atoms with van der Waals surface area (Å²) in [6.45, 7) is 4.35. The molecule has 1 unspecified atom stereocenters. The molecule has 0 radical (unpaired) electrons. The lowest BCUT2D eigenvalue weighted by molar-refractivity contribution is -0.118. The summed E-state index contributed by atoms with van der Waals surface area (Å²) >= 11 is 0. The Morgan fingerprint density at radius 3 is 2.36 bits per heavy atom. The van der Waals surface area contributed by atoms with Gasteiger partial charge in [0.1, 0.15) is 5.78 Å². The van der Waals surface area contributed by atoms with Crippen LogP contribution in [0, 0.1) is 0 Å². The molecule has 0 N–H and O–H groups in total. The third kappa shape index (κ3) is 6.90. The number of carbonyl (C=O) groups excluding carboxylic acids is 1. The smallest absolute Gasteiger partial charge is 0.178 e. The van der Waals surface area contributed by atoms with Crippen LogP contribution < -0.4 is 0 Å². The number of aryl methyl sites for hydroxylation is 1. The van der Waals surface area contributed by atoms with Crippen LogP contribution in [0.2, 0.25) is 0 Å². The normalized spacial score (nSPS) is 12.6. The van der Waals surface area contributed by atoms with Crippen molar-refractivity contribution in [2.75, 3.05) is 5.75 Å². The van der Waals surface area contributed by atoms with E-state index < -0.39 is 9.84 Å². The van der Waals surface area contributed by atoms with Gasteiger partial charge in [-0.15, -0.1) is 0 Å². The van der Waals surface area contributed by atoms with E-state index in [4.69, 9.17) is 0 Å². The summed E-state index contributed by atoms with van der Waals surface area (Å²) in [5.74, 6) is 0.404. The second kappa shape index (κ2) is 11.2. The van der Waals surface area contributed by atoms with Crippen LogP contribution in [0.3, 0.4) is 0 Å². The molecule has 28 heavy (non-hydrogen) atoms. The zero-order chi connectivity index (χ0) is 20.4. The standard InChI is InChI=1S/C24H32O3S/c1-3-10-21(22-13-8-11-20(4-2)19-22)12-9-14-23(25)17-18-28(26,27)24-15-6-5-7-16-24/h5-8,11,13,15-16,19,21H,3-4,9-10,12,14,17-18H2,1-2H3. The molecule has 2 aromatic carbocycles. The summed E-state index contributed by atoms with van der Waals surface area (Å²) < 4.78 is 24.6. The summed E-state index contributed by atoms with van der Waals surface area (Å²) in [7, 11) is -3.38. The van der Waals surface area contributed by atoms with Crippen LogP contribution >= 0.6 is 0 Å². The lowest BCUT2D eigenvalue weighted by Crippen LogP contribution is -2.11. The number of hydrogen-bond donors (Lipinski definition) is 0. The van der Waals surface area contributed by atoms with Gasteiger partial charge in [-0.3, -0.25) is 4.79 Å². The molecule has 0 aliphatic rings. The first-order valence-corrected chi connectivity index (χ1v) is 12.0. The maximum Gasteiger partial charge on any atom is 0.178 e. The van der Waals surface area contributed by atoms with Crippen LogP contribution in [0.5, 0.6) is 0 Å². The molecular weight excluding hydrogens is 368 g/mol. The lowest BCUT2D eigenvalue weighted by Gasteiger charge is -2.17. The van der Waals surface area contributed by atoms with Gasteiger partial charge in [0.25, 0.3) is 0 Å². The van der Waals surface area contributed by atoms with Gasteiger partial charge in [-0.05, 0) is 54.9 Å². The maximum atomic E-state index is 12.3. The largest absolute Gasteiger partial charge is 0.300 e. The number of Topliss-reactive ketones (excluding diaryl/α,β-unsaturated/α-hetero) is 1. The molecule has 0 amide bonds. The van der Waals surface area contributed by atoms with Crippen LogP contribution in [0.1, 0.15) is 69.4 Å². The molecule has 0 aliphatic carbocycles. The second-order valence-corrected chi connectivity index (χ2v) is 9.51. The van der Waals surface area contributed by atoms with Gasteiger partial charge in [0, 0.05) is 12.8 Å². The first kappa shape index (κ1) is 22.4. The van der Waals surface area contributed by atoms with E-state index in [1.54, 1.807) is 30.3 Å². The minimum absolute atomic E-state index is 0.0389. The van der Waals surface area contributed by atoms with Gasteiger partial charge in [0.2, 0.25) is 0 Å². The highest BCUT2D eigenvalue weighted by atomic mass is 32.2. The van der Waals surface area contributed by atoms with E-state index >= 15 is 0 Å². The average molecular weight is 401 g/mol. The highest BCUT2D eigenvalue weighted by Crippen LogP contribution is 2.28. The van der Waals surface area contributed by atoms with Crippen molar-refractivity contribution >= 4 is 15.6 Å². The molecule has 0 saturated carbocycles. The third-order valence-corrected chi connectivity index (χ3v) is 6.96. The Bertz CT molecular complexity index is 841. The van der Waals surface area contributed by atoms with Crippen molar-refractivity contribution in [3.05, 3.63) is 65.7 Å². The van der Waals surface area contributed by atoms with E-state index in [0.29, 0.717) is 17.2 Å². The molecule has 0 bridgehead atoms. The molecule has 152 valence electrons. The van der Waals surface area contributed by atoms with Crippen molar-refractivity contribution in [1.29, 1.82) is 0 Å². The van der Waals surface area contributed by atoms with Gasteiger partial charge in [-0.1, -0.05) is 62.7 Å². The average Bonchev–Trinajstić information content (AvgIpc) is 2.72. The number of sulfone groups is 1. The quantitative estimate of drug-likeness (QED) is 0.457. The minimum Gasteiger partial charge on any atom is -0.300 e. The maximum absolute atomic E-state index is 12.3. The van der Waals surface area contributed by atoms with Crippen LogP contribution in [-0.4, -0.2) is 20.0 Å². The Kier molecular flexibility index (Phi) is 8.91. The molecule has 2 rings (SSSR count). The molecule has 3 nitrogen and oxygen atoms in total. The van der Waals surface area contributed by atoms with Crippen molar-refractivity contribution in [2.24, 2.45) is 0 Å². The van der Waals surface area contributed by atoms with Gasteiger partial charge in [0.05, 0.1) is 10.6 Å². The Morgan fingerprint density at radius 2 is 1.68 bits per heavy atom. The van der Waals surface area contributed by atoms with Crippen LogP contribution in [0.4, 0.5) is 0 Å². The number of hydrogen-bond acceptors (Lipinski definition) is 3. The SMILES string of the molecule is CCCC(CCCC(=O)CCS(=O)(=O)c1ccccc1)c1cccc(CC)c1. The number of carbonyl (C=O) groups is 1. The minimum atomic E-state index is -3.38. The van der Waals surface area contributed by atoms with E-state index in [9.17, 15) is 13.2 Å². The van der Waals surface area contributed by atoms with Gasteiger partial charge in [-0.25, -0.2) is 8.42 Å². The zero-order valence-electron chi connectivity index (χ0n) is 17.1. The van der Waals surface area contributed by atoms with Crippen LogP contribution in [0.15, 0.2) is 59.5 Å². The highest BCUT2D eigenvalue weighted by molar-refractivity contribution is 7.91. The molecule has 1 atom stereocenters. The van der Waals surface area contributed by atoms with E-state index in [-0.39, 0.29) is 18.0 Å². The number of ketones is 1. The molecule has 0 fully saturated rings.